The molecule has 0 rings (SSSR count). The lowest BCUT2D eigenvalue weighted by molar-refractivity contribution is 0.518. The zero-order valence-electron chi connectivity index (χ0n) is 7.03. The molecule has 56 valence electrons. The minimum absolute atomic E-state index is 0.0278. The fourth-order valence-electron chi connectivity index (χ4n) is 0.333. The van der Waals surface area contributed by atoms with Crippen molar-refractivity contribution in [1.29, 1.82) is 0 Å². The van der Waals surface area contributed by atoms with E-state index >= 15 is 0 Å². The second-order valence-electron chi connectivity index (χ2n) is 1.83. The summed E-state index contributed by atoms with van der Waals surface area (Å²) in [6, 6.07) is 0. The smallest absolute Gasteiger partial charge is 0.0982 e. The summed E-state index contributed by atoms with van der Waals surface area (Å²) in [5.74, 6) is 0.0324. The van der Waals surface area contributed by atoms with Crippen LogP contribution in [0.25, 0.3) is 0 Å². The first-order valence-electron chi connectivity index (χ1n) is 3.50. The average molecular weight is 132 g/mol. The molecule has 0 spiro atoms. The molecule has 0 heterocycles. The maximum atomic E-state index is 12.1. The van der Waals surface area contributed by atoms with Gasteiger partial charge in [-0.1, -0.05) is 33.8 Å². The van der Waals surface area contributed by atoms with Gasteiger partial charge in [0.2, 0.25) is 0 Å². The molecule has 1 heteroatoms. The maximum Gasteiger partial charge on any atom is 0.0982 e. The summed E-state index contributed by atoms with van der Waals surface area (Å²) in [4.78, 5) is 0. The Hall–Kier alpha value is -0.330. The van der Waals surface area contributed by atoms with Gasteiger partial charge in [-0.2, -0.15) is 0 Å². The second-order valence-corrected chi connectivity index (χ2v) is 1.83. The van der Waals surface area contributed by atoms with Crippen molar-refractivity contribution in [3.05, 3.63) is 11.9 Å². The van der Waals surface area contributed by atoms with Crippen molar-refractivity contribution in [3.63, 3.8) is 0 Å². The maximum absolute atomic E-state index is 12.1. The van der Waals surface area contributed by atoms with Gasteiger partial charge in [0.05, 0.1) is 5.83 Å². The van der Waals surface area contributed by atoms with Crippen molar-refractivity contribution < 1.29 is 4.39 Å². The standard InChI is InChI=1S/C6H11F.C2H6/c1-4-6(7)5(2)3;1-2/h4-5H,1-3H3;1-2H3/b6-4+;. The summed E-state index contributed by atoms with van der Waals surface area (Å²) in [6.45, 7) is 9.36. The van der Waals surface area contributed by atoms with E-state index < -0.39 is 0 Å². The summed E-state index contributed by atoms with van der Waals surface area (Å²) in [5.41, 5.74) is 0. The molecule has 0 aliphatic rings. The highest BCUT2D eigenvalue weighted by Crippen LogP contribution is 2.08. The Bertz CT molecular complexity index is 72.6. The van der Waals surface area contributed by atoms with E-state index in [4.69, 9.17) is 0 Å². The van der Waals surface area contributed by atoms with E-state index in [0.29, 0.717) is 0 Å². The molecule has 0 radical (unpaired) electrons. The fraction of sp³-hybridized carbons (Fsp3) is 0.750. The molecule has 0 aromatic heterocycles. The third-order valence-electron chi connectivity index (χ3n) is 0.827. The zero-order valence-corrected chi connectivity index (χ0v) is 7.03. The Morgan fingerprint density at radius 1 is 1.33 bits per heavy atom. The predicted octanol–water partition coefficient (Wildman–Crippen LogP) is 3.54. The second kappa shape index (κ2) is 7.67. The van der Waals surface area contributed by atoms with Crippen molar-refractivity contribution in [1.82, 2.24) is 0 Å². The van der Waals surface area contributed by atoms with Gasteiger partial charge in [-0.3, -0.25) is 0 Å². The highest BCUT2D eigenvalue weighted by molar-refractivity contribution is 4.90. The van der Waals surface area contributed by atoms with E-state index in [1.165, 1.54) is 6.08 Å². The number of rotatable bonds is 1. The van der Waals surface area contributed by atoms with Gasteiger partial charge in [0.25, 0.3) is 0 Å². The molecule has 0 bridgehead atoms. The van der Waals surface area contributed by atoms with Crippen molar-refractivity contribution in [2.45, 2.75) is 34.6 Å². The molecule has 0 saturated heterocycles. The number of hydrogen-bond acceptors (Lipinski definition) is 0. The number of allylic oxidation sites excluding steroid dienone is 2. The fourth-order valence-corrected chi connectivity index (χ4v) is 0.333. The Kier molecular flexibility index (Phi) is 9.77. The molecular weight excluding hydrogens is 115 g/mol. The Balaban J connectivity index is 0. The average Bonchev–Trinajstić information content (AvgIpc) is 1.91. The monoisotopic (exact) mass is 132 g/mol. The Morgan fingerprint density at radius 3 is 1.67 bits per heavy atom. The minimum Gasteiger partial charge on any atom is -0.212 e. The zero-order chi connectivity index (χ0) is 7.86. The molecule has 0 amide bonds. The summed E-state index contributed by atoms with van der Waals surface area (Å²) >= 11 is 0. The van der Waals surface area contributed by atoms with Crippen molar-refractivity contribution in [2.75, 3.05) is 0 Å². The Morgan fingerprint density at radius 2 is 1.67 bits per heavy atom. The van der Waals surface area contributed by atoms with Gasteiger partial charge in [0.1, 0.15) is 0 Å². The number of halogens is 1. The van der Waals surface area contributed by atoms with Gasteiger partial charge >= 0.3 is 0 Å². The van der Waals surface area contributed by atoms with Crippen LogP contribution in [0.2, 0.25) is 0 Å². The molecule has 0 aliphatic heterocycles. The summed E-state index contributed by atoms with van der Waals surface area (Å²) in [6.07, 6.45) is 1.49. The SMILES string of the molecule is C/C=C(/F)C(C)C.CC. The lowest BCUT2D eigenvalue weighted by atomic mass is 10.2. The lowest BCUT2D eigenvalue weighted by Gasteiger charge is -1.95. The van der Waals surface area contributed by atoms with Gasteiger partial charge in [-0.05, 0) is 6.92 Å². The topological polar surface area (TPSA) is 0 Å². The van der Waals surface area contributed by atoms with Crippen LogP contribution in [0.1, 0.15) is 34.6 Å². The molecule has 0 nitrogen and oxygen atoms in total. The first-order chi connectivity index (χ1) is 4.18. The van der Waals surface area contributed by atoms with E-state index in [1.54, 1.807) is 6.92 Å². The summed E-state index contributed by atoms with van der Waals surface area (Å²) in [5, 5.41) is 0. The summed E-state index contributed by atoms with van der Waals surface area (Å²) in [7, 11) is 0. The van der Waals surface area contributed by atoms with E-state index in [0.717, 1.165) is 0 Å². The van der Waals surface area contributed by atoms with Crippen LogP contribution in [-0.4, -0.2) is 0 Å². The lowest BCUT2D eigenvalue weighted by Crippen LogP contribution is -1.83. The van der Waals surface area contributed by atoms with Crippen LogP contribution >= 0.6 is 0 Å². The van der Waals surface area contributed by atoms with Crippen LogP contribution in [-0.2, 0) is 0 Å². The van der Waals surface area contributed by atoms with Crippen molar-refractivity contribution >= 4 is 0 Å². The van der Waals surface area contributed by atoms with Crippen molar-refractivity contribution in [2.24, 2.45) is 5.92 Å². The molecule has 9 heavy (non-hydrogen) atoms. The van der Waals surface area contributed by atoms with E-state index in [2.05, 4.69) is 0 Å². The molecule has 0 fully saturated rings. The molecule has 0 saturated carbocycles. The van der Waals surface area contributed by atoms with Crippen LogP contribution in [0, 0.1) is 5.92 Å². The third kappa shape index (κ3) is 7.67. The largest absolute Gasteiger partial charge is 0.212 e. The van der Waals surface area contributed by atoms with Gasteiger partial charge in [-0.15, -0.1) is 0 Å². The predicted molar refractivity (Wildman–Crippen MR) is 41.1 cm³/mol. The van der Waals surface area contributed by atoms with E-state index in [9.17, 15) is 4.39 Å². The molecular formula is C8H17F. The molecule has 0 aromatic rings. The highest BCUT2D eigenvalue weighted by Gasteiger charge is 1.95. The first-order valence-corrected chi connectivity index (χ1v) is 3.50. The van der Waals surface area contributed by atoms with Gasteiger partial charge in [0, 0.05) is 5.92 Å². The Labute approximate surface area is 57.8 Å². The molecule has 0 unspecified atom stereocenters. The molecule has 0 aliphatic carbocycles. The highest BCUT2D eigenvalue weighted by atomic mass is 19.1. The summed E-state index contributed by atoms with van der Waals surface area (Å²) < 4.78 is 12.1. The molecule has 0 N–H and O–H groups in total. The van der Waals surface area contributed by atoms with Crippen LogP contribution in [0.5, 0.6) is 0 Å². The van der Waals surface area contributed by atoms with Gasteiger partial charge in [0.15, 0.2) is 0 Å². The van der Waals surface area contributed by atoms with Crippen LogP contribution < -0.4 is 0 Å². The minimum atomic E-state index is -0.0278. The molecule has 0 atom stereocenters. The first kappa shape index (κ1) is 11.5. The van der Waals surface area contributed by atoms with Crippen LogP contribution in [0.4, 0.5) is 4.39 Å². The van der Waals surface area contributed by atoms with E-state index in [-0.39, 0.29) is 11.7 Å². The third-order valence-corrected chi connectivity index (χ3v) is 0.827. The van der Waals surface area contributed by atoms with Gasteiger partial charge < -0.3 is 0 Å². The van der Waals surface area contributed by atoms with Crippen LogP contribution in [0.15, 0.2) is 11.9 Å². The van der Waals surface area contributed by atoms with E-state index in [1.807, 2.05) is 27.7 Å². The van der Waals surface area contributed by atoms with Gasteiger partial charge in [-0.25, -0.2) is 4.39 Å². The quantitative estimate of drug-likeness (QED) is 0.512. The normalized spacial score (nSPS) is 10.8. The van der Waals surface area contributed by atoms with Crippen molar-refractivity contribution in [3.8, 4) is 0 Å². The molecule has 0 aromatic carbocycles. The number of hydrogen-bond donors (Lipinski definition) is 0. The van der Waals surface area contributed by atoms with Crippen LogP contribution in [0.3, 0.4) is 0 Å².